The third-order valence-corrected chi connectivity index (χ3v) is 3.84. The Morgan fingerprint density at radius 3 is 2.62 bits per heavy atom. The highest BCUT2D eigenvalue weighted by atomic mass is 16.5. The zero-order valence-corrected chi connectivity index (χ0v) is 12.0. The minimum absolute atomic E-state index is 0.0293. The summed E-state index contributed by atoms with van der Waals surface area (Å²) < 4.78 is 5.06. The third kappa shape index (κ3) is 3.72. The van der Waals surface area contributed by atoms with Crippen LogP contribution in [0.3, 0.4) is 0 Å². The topological polar surface area (TPSA) is 102 Å². The Balaban J connectivity index is 2.13. The lowest BCUT2D eigenvalue weighted by Crippen LogP contribution is -2.40. The van der Waals surface area contributed by atoms with Gasteiger partial charge in [0, 0.05) is 18.0 Å². The first-order valence-electron chi connectivity index (χ1n) is 6.94. The zero-order valence-electron chi connectivity index (χ0n) is 12.0. The van der Waals surface area contributed by atoms with Gasteiger partial charge < -0.3 is 20.9 Å². The molecular weight excluding hydrogens is 272 g/mol. The van der Waals surface area contributed by atoms with Gasteiger partial charge in [0.25, 0.3) is 0 Å². The van der Waals surface area contributed by atoms with Crippen LogP contribution >= 0.6 is 0 Å². The van der Waals surface area contributed by atoms with Crippen molar-refractivity contribution < 1.29 is 19.4 Å². The molecule has 6 heteroatoms. The van der Waals surface area contributed by atoms with Crippen LogP contribution in [-0.2, 0) is 4.79 Å². The summed E-state index contributed by atoms with van der Waals surface area (Å²) in [6, 6.07) is 4.45. The van der Waals surface area contributed by atoms with E-state index in [1.165, 1.54) is 19.2 Å². The smallest absolute Gasteiger partial charge is 0.337 e. The van der Waals surface area contributed by atoms with E-state index in [1.54, 1.807) is 6.07 Å². The van der Waals surface area contributed by atoms with E-state index >= 15 is 0 Å². The molecule has 0 radical (unpaired) electrons. The van der Waals surface area contributed by atoms with E-state index < -0.39 is 11.5 Å². The second-order valence-corrected chi connectivity index (χ2v) is 5.51. The number of benzene rings is 1. The average molecular weight is 292 g/mol. The Hall–Kier alpha value is -2.08. The molecule has 1 fully saturated rings. The lowest BCUT2D eigenvalue weighted by molar-refractivity contribution is -0.117. The van der Waals surface area contributed by atoms with Gasteiger partial charge >= 0.3 is 5.97 Å². The number of carboxylic acids is 1. The van der Waals surface area contributed by atoms with Gasteiger partial charge in [-0.2, -0.15) is 0 Å². The number of aromatic carboxylic acids is 1. The summed E-state index contributed by atoms with van der Waals surface area (Å²) >= 11 is 0. The van der Waals surface area contributed by atoms with Crippen LogP contribution in [0.4, 0.5) is 5.69 Å². The quantitative estimate of drug-likeness (QED) is 0.770. The summed E-state index contributed by atoms with van der Waals surface area (Å²) in [6.45, 7) is 0. The van der Waals surface area contributed by atoms with Gasteiger partial charge in [-0.15, -0.1) is 0 Å². The van der Waals surface area contributed by atoms with Crippen LogP contribution in [0.15, 0.2) is 18.2 Å². The van der Waals surface area contributed by atoms with E-state index in [4.69, 9.17) is 15.6 Å². The van der Waals surface area contributed by atoms with E-state index in [1.807, 2.05) is 0 Å². The number of amides is 1. The maximum Gasteiger partial charge on any atom is 0.337 e. The van der Waals surface area contributed by atoms with Crippen molar-refractivity contribution in [1.29, 1.82) is 0 Å². The van der Waals surface area contributed by atoms with Crippen LogP contribution in [0.2, 0.25) is 0 Å². The molecule has 0 aliphatic heterocycles. The molecule has 4 N–H and O–H groups in total. The van der Waals surface area contributed by atoms with Crippen LogP contribution in [-0.4, -0.2) is 29.6 Å². The van der Waals surface area contributed by atoms with E-state index in [0.717, 1.165) is 25.7 Å². The highest BCUT2D eigenvalue weighted by Gasteiger charge is 2.32. The van der Waals surface area contributed by atoms with Crippen LogP contribution in [0.5, 0.6) is 5.75 Å². The first-order valence-corrected chi connectivity index (χ1v) is 6.94. The van der Waals surface area contributed by atoms with Gasteiger partial charge in [0.1, 0.15) is 5.75 Å². The number of hydrogen-bond donors (Lipinski definition) is 3. The molecule has 1 amide bonds. The minimum Gasteiger partial charge on any atom is -0.497 e. The molecule has 1 aliphatic rings. The molecule has 0 bridgehead atoms. The molecule has 0 aromatic heterocycles. The molecule has 0 atom stereocenters. The van der Waals surface area contributed by atoms with Crippen LogP contribution in [0, 0.1) is 0 Å². The largest absolute Gasteiger partial charge is 0.497 e. The Labute approximate surface area is 123 Å². The standard InChI is InChI=1S/C15H20N2O4/c1-21-10-4-5-11(14(19)20)12(8-10)17-13(18)9-15(16)6-2-3-7-15/h4-5,8H,2-3,6-7,9,16H2,1H3,(H,17,18)(H,19,20). The maximum absolute atomic E-state index is 12.1. The predicted octanol–water partition coefficient (Wildman–Crippen LogP) is 1.99. The Morgan fingerprint density at radius 2 is 2.05 bits per heavy atom. The van der Waals surface area contributed by atoms with Crippen molar-refractivity contribution >= 4 is 17.6 Å². The van der Waals surface area contributed by atoms with Crippen molar-refractivity contribution in [2.45, 2.75) is 37.6 Å². The van der Waals surface area contributed by atoms with Crippen molar-refractivity contribution in [1.82, 2.24) is 0 Å². The van der Waals surface area contributed by atoms with E-state index in [9.17, 15) is 9.59 Å². The van der Waals surface area contributed by atoms with E-state index in [-0.39, 0.29) is 23.6 Å². The average Bonchev–Trinajstić information content (AvgIpc) is 2.84. The SMILES string of the molecule is COc1ccc(C(=O)O)c(NC(=O)CC2(N)CCCC2)c1. The number of nitrogens with one attached hydrogen (secondary N) is 1. The summed E-state index contributed by atoms with van der Waals surface area (Å²) in [5.74, 6) is -0.884. The fourth-order valence-corrected chi connectivity index (χ4v) is 2.71. The molecule has 0 saturated heterocycles. The fraction of sp³-hybridized carbons (Fsp3) is 0.467. The molecule has 0 heterocycles. The summed E-state index contributed by atoms with van der Waals surface area (Å²) in [5.41, 5.74) is 5.96. The van der Waals surface area contributed by atoms with Gasteiger partial charge in [0.05, 0.1) is 18.4 Å². The van der Waals surface area contributed by atoms with Crippen molar-refractivity contribution in [3.8, 4) is 5.75 Å². The number of ether oxygens (including phenoxy) is 1. The molecule has 1 saturated carbocycles. The molecule has 1 aromatic rings. The Bertz CT molecular complexity index is 551. The molecule has 1 aliphatic carbocycles. The number of methoxy groups -OCH3 is 1. The van der Waals surface area contributed by atoms with Crippen molar-refractivity contribution in [3.05, 3.63) is 23.8 Å². The molecule has 0 spiro atoms. The molecule has 2 rings (SSSR count). The van der Waals surface area contributed by atoms with Crippen molar-refractivity contribution in [2.75, 3.05) is 12.4 Å². The Morgan fingerprint density at radius 1 is 1.38 bits per heavy atom. The van der Waals surface area contributed by atoms with Crippen LogP contribution in [0.25, 0.3) is 0 Å². The van der Waals surface area contributed by atoms with E-state index in [0.29, 0.717) is 5.75 Å². The summed E-state index contributed by atoms with van der Waals surface area (Å²) in [6.07, 6.45) is 3.91. The van der Waals surface area contributed by atoms with Crippen molar-refractivity contribution in [2.24, 2.45) is 5.73 Å². The lowest BCUT2D eigenvalue weighted by atomic mass is 9.94. The highest BCUT2D eigenvalue weighted by Crippen LogP contribution is 2.31. The predicted molar refractivity (Wildman–Crippen MR) is 78.6 cm³/mol. The summed E-state index contributed by atoms with van der Waals surface area (Å²) in [7, 11) is 1.48. The Kier molecular flexibility index (Phi) is 4.47. The van der Waals surface area contributed by atoms with Gasteiger partial charge in [-0.25, -0.2) is 4.79 Å². The molecular formula is C15H20N2O4. The first kappa shape index (κ1) is 15.3. The first-order chi connectivity index (χ1) is 9.93. The number of anilines is 1. The number of carbonyl (C=O) groups excluding carboxylic acids is 1. The number of hydrogen-bond acceptors (Lipinski definition) is 4. The van der Waals surface area contributed by atoms with Gasteiger partial charge in [0.2, 0.25) is 5.91 Å². The number of nitrogens with two attached hydrogens (primary N) is 1. The van der Waals surface area contributed by atoms with Crippen molar-refractivity contribution in [3.63, 3.8) is 0 Å². The summed E-state index contributed by atoms with van der Waals surface area (Å²) in [5, 5.41) is 11.8. The maximum atomic E-state index is 12.1. The molecule has 1 aromatic carbocycles. The molecule has 0 unspecified atom stereocenters. The number of carboxylic acid groups (broad SMARTS) is 1. The number of rotatable bonds is 5. The second kappa shape index (κ2) is 6.13. The van der Waals surface area contributed by atoms with Crippen LogP contribution < -0.4 is 15.8 Å². The van der Waals surface area contributed by atoms with Gasteiger partial charge in [-0.05, 0) is 25.0 Å². The third-order valence-electron chi connectivity index (χ3n) is 3.84. The minimum atomic E-state index is -1.10. The van der Waals surface area contributed by atoms with Gasteiger partial charge in [-0.1, -0.05) is 12.8 Å². The van der Waals surface area contributed by atoms with Crippen LogP contribution in [0.1, 0.15) is 42.5 Å². The number of carbonyl (C=O) groups is 2. The van der Waals surface area contributed by atoms with E-state index in [2.05, 4.69) is 5.32 Å². The summed E-state index contributed by atoms with van der Waals surface area (Å²) in [4.78, 5) is 23.3. The van der Waals surface area contributed by atoms with Gasteiger partial charge in [-0.3, -0.25) is 4.79 Å². The zero-order chi connectivity index (χ0) is 15.5. The normalized spacial score (nSPS) is 16.5. The molecule has 21 heavy (non-hydrogen) atoms. The fourth-order valence-electron chi connectivity index (χ4n) is 2.71. The monoisotopic (exact) mass is 292 g/mol. The lowest BCUT2D eigenvalue weighted by Gasteiger charge is -2.22. The van der Waals surface area contributed by atoms with Gasteiger partial charge in [0.15, 0.2) is 0 Å². The molecule has 114 valence electrons. The highest BCUT2D eigenvalue weighted by molar-refractivity contribution is 6.01. The second-order valence-electron chi connectivity index (χ2n) is 5.51. The molecule has 6 nitrogen and oxygen atoms in total.